The van der Waals surface area contributed by atoms with Crippen molar-refractivity contribution in [2.24, 2.45) is 5.92 Å². The first-order valence-electron chi connectivity index (χ1n) is 5.39. The molecule has 14 heavy (non-hydrogen) atoms. The van der Waals surface area contributed by atoms with E-state index in [1.807, 2.05) is 0 Å². The Morgan fingerprint density at radius 2 is 1.29 bits per heavy atom. The molecule has 1 atom stereocenters. The highest BCUT2D eigenvalue weighted by Crippen LogP contribution is 2.47. The Morgan fingerprint density at radius 1 is 0.929 bits per heavy atom. The molecule has 0 saturated carbocycles. The van der Waals surface area contributed by atoms with Gasteiger partial charge in [0, 0.05) is 5.92 Å². The Labute approximate surface area is 90.2 Å². The van der Waals surface area contributed by atoms with E-state index in [2.05, 4.69) is 47.9 Å². The first-order valence-corrected chi connectivity index (χ1v) is 7.70. The number of allylic oxidation sites excluding steroid dienone is 4. The summed E-state index contributed by atoms with van der Waals surface area (Å²) in [5, 5.41) is 0. The maximum atomic E-state index is 2.41. The summed E-state index contributed by atoms with van der Waals surface area (Å²) in [6.07, 6.45) is 0. The van der Waals surface area contributed by atoms with Gasteiger partial charge in [0.25, 0.3) is 0 Å². The molecule has 1 unspecified atom stereocenters. The highest BCUT2D eigenvalue weighted by molar-refractivity contribution is 7.56. The molecule has 0 bridgehead atoms. The van der Waals surface area contributed by atoms with E-state index in [0.29, 0.717) is 0 Å². The molecule has 80 valence electrons. The Hall–Kier alpha value is -0.0900. The predicted molar refractivity (Wildman–Crippen MR) is 68.5 cm³/mol. The number of rotatable bonds is 2. The first-order chi connectivity index (χ1) is 6.37. The summed E-state index contributed by atoms with van der Waals surface area (Å²) in [6, 6.07) is 0. The predicted octanol–water partition coefficient (Wildman–Crippen LogP) is 4.42. The number of hydrogen-bond acceptors (Lipinski definition) is 0. The molecule has 0 aromatic rings. The van der Waals surface area contributed by atoms with Crippen molar-refractivity contribution >= 4 is 7.92 Å². The maximum absolute atomic E-state index is 2.41. The van der Waals surface area contributed by atoms with Gasteiger partial charge in [-0.2, -0.15) is 0 Å². The summed E-state index contributed by atoms with van der Waals surface area (Å²) in [4.78, 5) is 0. The van der Waals surface area contributed by atoms with Crippen molar-refractivity contribution in [2.45, 2.75) is 40.3 Å². The van der Waals surface area contributed by atoms with Crippen molar-refractivity contribution in [1.29, 1.82) is 0 Å². The zero-order valence-corrected chi connectivity index (χ0v) is 11.5. The van der Waals surface area contributed by atoms with Gasteiger partial charge in [0.1, 0.15) is 0 Å². The molecule has 0 aliphatic heterocycles. The third kappa shape index (κ3) is 1.82. The van der Waals surface area contributed by atoms with E-state index < -0.39 is 0 Å². The minimum atomic E-state index is 0.168. The molecular formula is C13H23P. The lowest BCUT2D eigenvalue weighted by molar-refractivity contribution is 0.703. The van der Waals surface area contributed by atoms with Gasteiger partial charge in [0.2, 0.25) is 0 Å². The van der Waals surface area contributed by atoms with Crippen LogP contribution in [-0.4, -0.2) is 19.0 Å². The molecule has 0 saturated heterocycles. The molecule has 1 heteroatoms. The molecule has 0 aromatic carbocycles. The minimum absolute atomic E-state index is 0.168. The van der Waals surface area contributed by atoms with Crippen LogP contribution < -0.4 is 0 Å². The summed E-state index contributed by atoms with van der Waals surface area (Å²) in [5.74, 6) is 0.733. The van der Waals surface area contributed by atoms with Crippen LogP contribution in [0.2, 0.25) is 0 Å². The Morgan fingerprint density at radius 3 is 1.57 bits per heavy atom. The summed E-state index contributed by atoms with van der Waals surface area (Å²) < 4.78 is 0. The second-order valence-corrected chi connectivity index (χ2v) is 7.54. The van der Waals surface area contributed by atoms with Gasteiger partial charge >= 0.3 is 0 Å². The van der Waals surface area contributed by atoms with Crippen LogP contribution in [0.25, 0.3) is 0 Å². The molecule has 1 aliphatic rings. The largest absolute Gasteiger partial charge is 0.109 e. The van der Waals surface area contributed by atoms with Gasteiger partial charge in [-0.05, 0) is 57.8 Å². The van der Waals surface area contributed by atoms with E-state index in [1.165, 1.54) is 11.1 Å². The van der Waals surface area contributed by atoms with Crippen LogP contribution in [0, 0.1) is 5.92 Å². The van der Waals surface area contributed by atoms with E-state index in [1.54, 1.807) is 11.1 Å². The standard InChI is InChI=1S/C13H23P/c1-8-9(2)11(4)13(10(8)3)12(5)14(6)7/h12-13H,1-7H3. The molecular weight excluding hydrogens is 187 g/mol. The van der Waals surface area contributed by atoms with E-state index in [-0.39, 0.29) is 7.92 Å². The zero-order valence-electron chi connectivity index (χ0n) is 10.6. The lowest BCUT2D eigenvalue weighted by Crippen LogP contribution is -2.16. The van der Waals surface area contributed by atoms with Gasteiger partial charge in [-0.25, -0.2) is 0 Å². The van der Waals surface area contributed by atoms with E-state index in [4.69, 9.17) is 0 Å². The van der Waals surface area contributed by atoms with Crippen LogP contribution in [-0.2, 0) is 0 Å². The third-order valence-electron chi connectivity index (χ3n) is 3.98. The van der Waals surface area contributed by atoms with Crippen molar-refractivity contribution < 1.29 is 0 Å². The smallest absolute Gasteiger partial charge is 0.00778 e. The van der Waals surface area contributed by atoms with Gasteiger partial charge in [-0.3, -0.25) is 0 Å². The van der Waals surface area contributed by atoms with Gasteiger partial charge in [0.05, 0.1) is 0 Å². The highest BCUT2D eigenvalue weighted by Gasteiger charge is 2.29. The molecule has 1 rings (SSSR count). The Kier molecular flexibility index (Phi) is 3.58. The third-order valence-corrected chi connectivity index (χ3v) is 5.90. The van der Waals surface area contributed by atoms with Crippen molar-refractivity contribution in [2.75, 3.05) is 13.3 Å². The molecule has 0 spiro atoms. The van der Waals surface area contributed by atoms with Gasteiger partial charge in [0.15, 0.2) is 0 Å². The topological polar surface area (TPSA) is 0 Å². The fourth-order valence-electron chi connectivity index (χ4n) is 2.40. The summed E-state index contributed by atoms with van der Waals surface area (Å²) in [7, 11) is 0.168. The fraction of sp³-hybridized carbons (Fsp3) is 0.692. The molecule has 0 N–H and O–H groups in total. The Balaban J connectivity index is 3.03. The van der Waals surface area contributed by atoms with Crippen LogP contribution in [0.15, 0.2) is 22.3 Å². The average molecular weight is 210 g/mol. The van der Waals surface area contributed by atoms with Crippen LogP contribution in [0.3, 0.4) is 0 Å². The average Bonchev–Trinajstić information content (AvgIpc) is 2.30. The van der Waals surface area contributed by atoms with Crippen molar-refractivity contribution in [3.05, 3.63) is 22.3 Å². The van der Waals surface area contributed by atoms with Crippen molar-refractivity contribution in [3.8, 4) is 0 Å². The lowest BCUT2D eigenvalue weighted by atomic mass is 9.94. The van der Waals surface area contributed by atoms with Crippen LogP contribution >= 0.6 is 7.92 Å². The van der Waals surface area contributed by atoms with E-state index >= 15 is 0 Å². The summed E-state index contributed by atoms with van der Waals surface area (Å²) in [6.45, 7) is 16.4. The molecule has 0 amide bonds. The second-order valence-electron chi connectivity index (χ2n) is 4.80. The van der Waals surface area contributed by atoms with Gasteiger partial charge in [-0.15, -0.1) is 7.92 Å². The van der Waals surface area contributed by atoms with Gasteiger partial charge in [-0.1, -0.05) is 18.1 Å². The molecule has 1 aliphatic carbocycles. The Bertz CT molecular complexity index is 270. The van der Waals surface area contributed by atoms with Crippen molar-refractivity contribution in [1.82, 2.24) is 0 Å². The number of hydrogen-bond donors (Lipinski definition) is 0. The normalized spacial score (nSPS) is 21.4. The molecule has 0 radical (unpaired) electrons. The molecule has 0 fully saturated rings. The molecule has 0 heterocycles. The minimum Gasteiger partial charge on any atom is -0.109 e. The monoisotopic (exact) mass is 210 g/mol. The van der Waals surface area contributed by atoms with Crippen LogP contribution in [0.1, 0.15) is 34.6 Å². The SMILES string of the molecule is CC1=C(C)C(C(C)P(C)C)C(C)=C1C. The quantitative estimate of drug-likeness (QED) is 0.592. The van der Waals surface area contributed by atoms with Crippen molar-refractivity contribution in [3.63, 3.8) is 0 Å². The zero-order chi connectivity index (χ0) is 11.0. The summed E-state index contributed by atoms with van der Waals surface area (Å²) in [5.41, 5.74) is 7.14. The molecule has 0 nitrogen and oxygen atoms in total. The second kappa shape index (κ2) is 4.19. The molecule has 0 aromatic heterocycles. The van der Waals surface area contributed by atoms with Gasteiger partial charge < -0.3 is 0 Å². The fourth-order valence-corrected chi connectivity index (χ4v) is 3.45. The first kappa shape index (κ1) is 12.0. The summed E-state index contributed by atoms with van der Waals surface area (Å²) >= 11 is 0. The van der Waals surface area contributed by atoms with Crippen LogP contribution in [0.4, 0.5) is 0 Å². The van der Waals surface area contributed by atoms with Crippen LogP contribution in [0.5, 0.6) is 0 Å². The maximum Gasteiger partial charge on any atom is 0.00778 e. The highest BCUT2D eigenvalue weighted by atomic mass is 31.1. The van der Waals surface area contributed by atoms with E-state index in [9.17, 15) is 0 Å². The lowest BCUT2D eigenvalue weighted by Gasteiger charge is -2.26. The van der Waals surface area contributed by atoms with E-state index in [0.717, 1.165) is 11.6 Å².